The molecule has 2 aromatic carbocycles. The molecule has 0 spiro atoms. The summed E-state index contributed by atoms with van der Waals surface area (Å²) in [4.78, 5) is 17.9. The van der Waals surface area contributed by atoms with Gasteiger partial charge in [-0.25, -0.2) is 4.98 Å². The quantitative estimate of drug-likeness (QED) is 0.601. The average Bonchev–Trinajstić information content (AvgIpc) is 3.21. The summed E-state index contributed by atoms with van der Waals surface area (Å²) in [6, 6.07) is 13.8. The number of carbonyl (C=O) groups is 1. The molecule has 7 nitrogen and oxygen atoms in total. The van der Waals surface area contributed by atoms with E-state index in [0.717, 1.165) is 26.9 Å². The Morgan fingerprint density at radius 3 is 2.69 bits per heavy atom. The Kier molecular flexibility index (Phi) is 4.18. The SMILES string of the molecule is Cc1ccc(-c2nnn(CC(=O)Nc3nc4ccc(C)cc4s3)n2)cc1. The Morgan fingerprint density at radius 1 is 1.12 bits per heavy atom. The molecule has 0 saturated heterocycles. The fourth-order valence-corrected chi connectivity index (χ4v) is 3.48. The van der Waals surface area contributed by atoms with Gasteiger partial charge >= 0.3 is 0 Å². The Hall–Kier alpha value is -3.13. The molecule has 130 valence electrons. The fourth-order valence-electron chi connectivity index (χ4n) is 2.50. The van der Waals surface area contributed by atoms with Gasteiger partial charge in [-0.1, -0.05) is 47.2 Å². The highest BCUT2D eigenvalue weighted by Gasteiger charge is 2.12. The van der Waals surface area contributed by atoms with E-state index in [9.17, 15) is 4.79 Å². The predicted molar refractivity (Wildman–Crippen MR) is 101 cm³/mol. The molecular formula is C18H16N6OS. The van der Waals surface area contributed by atoms with Gasteiger partial charge < -0.3 is 5.32 Å². The zero-order valence-corrected chi connectivity index (χ0v) is 15.1. The van der Waals surface area contributed by atoms with Crippen LogP contribution in [-0.4, -0.2) is 31.1 Å². The summed E-state index contributed by atoms with van der Waals surface area (Å²) in [5, 5.41) is 15.6. The van der Waals surface area contributed by atoms with Crippen molar-refractivity contribution in [3.63, 3.8) is 0 Å². The number of hydrogen-bond acceptors (Lipinski definition) is 6. The number of nitrogens with zero attached hydrogens (tertiary/aromatic N) is 5. The Balaban J connectivity index is 1.45. The Morgan fingerprint density at radius 2 is 1.88 bits per heavy atom. The number of tetrazole rings is 1. The van der Waals surface area contributed by atoms with E-state index in [1.54, 1.807) is 0 Å². The number of aromatic nitrogens is 5. The third kappa shape index (κ3) is 3.45. The first-order valence-electron chi connectivity index (χ1n) is 8.09. The monoisotopic (exact) mass is 364 g/mol. The van der Waals surface area contributed by atoms with Crippen molar-refractivity contribution in [2.75, 3.05) is 5.32 Å². The van der Waals surface area contributed by atoms with Gasteiger partial charge in [0.25, 0.3) is 0 Å². The van der Waals surface area contributed by atoms with Gasteiger partial charge in [-0.05, 0) is 36.8 Å². The van der Waals surface area contributed by atoms with Crippen LogP contribution in [0, 0.1) is 13.8 Å². The minimum atomic E-state index is -0.242. The van der Waals surface area contributed by atoms with Crippen LogP contribution in [0.2, 0.25) is 0 Å². The molecule has 0 atom stereocenters. The number of carbonyl (C=O) groups excluding carboxylic acids is 1. The highest BCUT2D eigenvalue weighted by atomic mass is 32.1. The molecule has 0 unspecified atom stereocenters. The second-order valence-electron chi connectivity index (χ2n) is 6.05. The van der Waals surface area contributed by atoms with Gasteiger partial charge in [-0.2, -0.15) is 4.80 Å². The highest BCUT2D eigenvalue weighted by molar-refractivity contribution is 7.22. The number of nitrogens with one attached hydrogen (secondary N) is 1. The van der Waals surface area contributed by atoms with Gasteiger partial charge in [0, 0.05) is 5.56 Å². The molecule has 1 N–H and O–H groups in total. The molecule has 1 amide bonds. The zero-order valence-electron chi connectivity index (χ0n) is 14.3. The molecule has 0 aliphatic rings. The third-order valence-corrected chi connectivity index (χ3v) is 4.77. The summed E-state index contributed by atoms with van der Waals surface area (Å²) >= 11 is 1.44. The van der Waals surface area contributed by atoms with Crippen molar-refractivity contribution >= 4 is 32.6 Å². The summed E-state index contributed by atoms with van der Waals surface area (Å²) in [5.74, 6) is 0.252. The van der Waals surface area contributed by atoms with Crippen molar-refractivity contribution in [2.45, 2.75) is 20.4 Å². The maximum absolute atomic E-state index is 12.2. The van der Waals surface area contributed by atoms with E-state index < -0.39 is 0 Å². The largest absolute Gasteiger partial charge is 0.300 e. The smallest absolute Gasteiger partial charge is 0.249 e. The van der Waals surface area contributed by atoms with Gasteiger partial charge in [0.2, 0.25) is 11.7 Å². The molecular weight excluding hydrogens is 348 g/mol. The minimum absolute atomic E-state index is 0.0200. The van der Waals surface area contributed by atoms with Crippen molar-refractivity contribution in [1.82, 2.24) is 25.2 Å². The van der Waals surface area contributed by atoms with Crippen LogP contribution in [-0.2, 0) is 11.3 Å². The molecule has 2 aromatic heterocycles. The van der Waals surface area contributed by atoms with Crippen LogP contribution in [0.1, 0.15) is 11.1 Å². The van der Waals surface area contributed by atoms with Crippen LogP contribution >= 0.6 is 11.3 Å². The summed E-state index contributed by atoms with van der Waals surface area (Å²) in [7, 11) is 0. The molecule has 0 aliphatic carbocycles. The average molecular weight is 364 g/mol. The van der Waals surface area contributed by atoms with Gasteiger partial charge in [0.15, 0.2) is 5.13 Å². The first kappa shape index (κ1) is 16.3. The van der Waals surface area contributed by atoms with Crippen molar-refractivity contribution in [3.05, 3.63) is 53.6 Å². The second kappa shape index (κ2) is 6.64. The van der Waals surface area contributed by atoms with Gasteiger partial charge in [0.1, 0.15) is 6.54 Å². The molecule has 26 heavy (non-hydrogen) atoms. The van der Waals surface area contributed by atoms with Crippen LogP contribution in [0.25, 0.3) is 21.6 Å². The predicted octanol–water partition coefficient (Wildman–Crippen LogP) is 3.21. The summed E-state index contributed by atoms with van der Waals surface area (Å²) in [5.41, 5.74) is 4.06. The van der Waals surface area contributed by atoms with Gasteiger partial charge in [0.05, 0.1) is 10.2 Å². The third-order valence-electron chi connectivity index (χ3n) is 3.84. The number of amides is 1. The molecule has 0 fully saturated rings. The highest BCUT2D eigenvalue weighted by Crippen LogP contribution is 2.26. The van der Waals surface area contributed by atoms with Crippen molar-refractivity contribution in [1.29, 1.82) is 0 Å². The van der Waals surface area contributed by atoms with E-state index in [2.05, 4.69) is 31.8 Å². The summed E-state index contributed by atoms with van der Waals surface area (Å²) < 4.78 is 1.04. The lowest BCUT2D eigenvalue weighted by Crippen LogP contribution is -2.20. The van der Waals surface area contributed by atoms with Crippen LogP contribution in [0.3, 0.4) is 0 Å². The van der Waals surface area contributed by atoms with Crippen molar-refractivity contribution in [3.8, 4) is 11.4 Å². The topological polar surface area (TPSA) is 85.6 Å². The van der Waals surface area contributed by atoms with Crippen LogP contribution in [0.15, 0.2) is 42.5 Å². The number of benzene rings is 2. The van der Waals surface area contributed by atoms with Crippen LogP contribution in [0.4, 0.5) is 5.13 Å². The van der Waals surface area contributed by atoms with Crippen molar-refractivity contribution in [2.24, 2.45) is 0 Å². The fraction of sp³-hybridized carbons (Fsp3) is 0.167. The van der Waals surface area contributed by atoms with E-state index in [1.807, 2.05) is 50.2 Å². The lowest BCUT2D eigenvalue weighted by molar-refractivity contribution is -0.117. The zero-order chi connectivity index (χ0) is 18.1. The molecule has 0 aliphatic heterocycles. The number of aryl methyl sites for hydroxylation is 2. The first-order valence-corrected chi connectivity index (χ1v) is 8.90. The summed E-state index contributed by atoms with van der Waals surface area (Å²) in [6.07, 6.45) is 0. The first-order chi connectivity index (χ1) is 12.6. The molecule has 0 bridgehead atoms. The number of fused-ring (bicyclic) bond motifs is 1. The maximum atomic E-state index is 12.2. The number of hydrogen-bond donors (Lipinski definition) is 1. The van der Waals surface area contributed by atoms with Crippen LogP contribution in [0.5, 0.6) is 0 Å². The molecule has 0 radical (unpaired) electrons. The second-order valence-corrected chi connectivity index (χ2v) is 7.08. The van der Waals surface area contributed by atoms with Gasteiger partial charge in [-0.15, -0.1) is 10.2 Å². The van der Waals surface area contributed by atoms with E-state index >= 15 is 0 Å². The molecule has 0 saturated carbocycles. The standard InChI is InChI=1S/C18H16N6OS/c1-11-3-6-13(7-4-11)17-21-23-24(22-17)10-16(25)20-18-19-14-8-5-12(2)9-15(14)26-18/h3-9H,10H2,1-2H3,(H,19,20,25). The lowest BCUT2D eigenvalue weighted by Gasteiger charge is -1.99. The molecule has 2 heterocycles. The molecule has 4 rings (SSSR count). The van der Waals surface area contributed by atoms with Crippen molar-refractivity contribution < 1.29 is 4.79 Å². The number of thiazole rings is 1. The van der Waals surface area contributed by atoms with E-state index in [-0.39, 0.29) is 12.5 Å². The van der Waals surface area contributed by atoms with E-state index in [1.165, 1.54) is 16.1 Å². The van der Waals surface area contributed by atoms with E-state index in [0.29, 0.717) is 11.0 Å². The maximum Gasteiger partial charge on any atom is 0.249 e. The minimum Gasteiger partial charge on any atom is -0.300 e. The molecule has 4 aromatic rings. The van der Waals surface area contributed by atoms with Crippen LogP contribution < -0.4 is 5.32 Å². The van der Waals surface area contributed by atoms with Gasteiger partial charge in [-0.3, -0.25) is 4.79 Å². The normalized spacial score (nSPS) is 11.0. The number of rotatable bonds is 4. The Bertz CT molecular complexity index is 1080. The van der Waals surface area contributed by atoms with E-state index in [4.69, 9.17) is 0 Å². The lowest BCUT2D eigenvalue weighted by atomic mass is 10.1. The number of anilines is 1. The Labute approximate surface area is 153 Å². The summed E-state index contributed by atoms with van der Waals surface area (Å²) in [6.45, 7) is 4.02. The molecule has 8 heteroatoms.